The van der Waals surface area contributed by atoms with Crippen LogP contribution in [0.5, 0.6) is 0 Å². The lowest BCUT2D eigenvalue weighted by Crippen LogP contribution is -2.54. The maximum Gasteiger partial charge on any atom is 0.328 e. The molecule has 1 aromatic carbocycles. The van der Waals surface area contributed by atoms with Crippen molar-refractivity contribution in [1.82, 2.24) is 15.5 Å². The Morgan fingerprint density at radius 2 is 1.77 bits per heavy atom. The van der Waals surface area contributed by atoms with Crippen LogP contribution in [0.1, 0.15) is 25.3 Å². The molecule has 0 aliphatic heterocycles. The fourth-order valence-electron chi connectivity index (χ4n) is 2.71. The van der Waals surface area contributed by atoms with Crippen molar-refractivity contribution < 1.29 is 23.9 Å². The molecule has 0 aromatic heterocycles. The molecule has 2 amide bonds. The number of rotatable bonds is 13. The van der Waals surface area contributed by atoms with Gasteiger partial charge >= 0.3 is 5.97 Å². The van der Waals surface area contributed by atoms with Crippen molar-refractivity contribution in [1.29, 1.82) is 5.41 Å². The molecule has 1 aromatic rings. The third-order valence-electron chi connectivity index (χ3n) is 4.12. The summed E-state index contributed by atoms with van der Waals surface area (Å²) in [5, 5.41) is 12.3. The number of Topliss-reactive ketones (excluding diaryl/α,β-unsaturated/α-hetero) is 1. The van der Waals surface area contributed by atoms with Crippen LogP contribution in [0.15, 0.2) is 30.3 Å². The number of nitrogens with zero attached hydrogens (tertiary/aromatic N) is 1. The number of hydrogen-bond donors (Lipinski definition) is 3. The Morgan fingerprint density at radius 3 is 2.33 bits per heavy atom. The SMILES string of the molecule is CCOC(=O)[C@H](CCC(=O)C=N)NC(=O)[C@H](Cc1ccccc1)NC(=O)CN(C)C. The normalized spacial score (nSPS) is 12.5. The number of ether oxygens (including phenoxy) is 1. The van der Waals surface area contributed by atoms with E-state index >= 15 is 0 Å². The highest BCUT2D eigenvalue weighted by Gasteiger charge is 2.28. The molecule has 0 bridgehead atoms. The molecule has 0 radical (unpaired) electrons. The van der Waals surface area contributed by atoms with Gasteiger partial charge in [-0.1, -0.05) is 30.3 Å². The highest BCUT2D eigenvalue weighted by Crippen LogP contribution is 2.06. The summed E-state index contributed by atoms with van der Waals surface area (Å²) in [6.45, 7) is 1.86. The Morgan fingerprint density at radius 1 is 1.10 bits per heavy atom. The van der Waals surface area contributed by atoms with E-state index in [2.05, 4.69) is 10.6 Å². The summed E-state index contributed by atoms with van der Waals surface area (Å²) < 4.78 is 4.99. The summed E-state index contributed by atoms with van der Waals surface area (Å²) in [5.41, 5.74) is 0.842. The lowest BCUT2D eigenvalue weighted by atomic mass is 10.0. The second-order valence-corrected chi connectivity index (χ2v) is 7.01. The number of ketones is 1. The van der Waals surface area contributed by atoms with Gasteiger partial charge < -0.3 is 25.7 Å². The third-order valence-corrected chi connectivity index (χ3v) is 4.12. The Labute approximate surface area is 176 Å². The van der Waals surface area contributed by atoms with E-state index in [1.54, 1.807) is 25.9 Å². The summed E-state index contributed by atoms with van der Waals surface area (Å²) in [6.07, 6.45) is 0.830. The van der Waals surface area contributed by atoms with Crippen molar-refractivity contribution in [2.75, 3.05) is 27.2 Å². The lowest BCUT2D eigenvalue weighted by Gasteiger charge is -2.23. The molecule has 1 rings (SSSR count). The fourth-order valence-corrected chi connectivity index (χ4v) is 2.71. The molecule has 3 N–H and O–H groups in total. The van der Waals surface area contributed by atoms with Crippen molar-refractivity contribution >= 4 is 29.8 Å². The van der Waals surface area contributed by atoms with Crippen LogP contribution < -0.4 is 10.6 Å². The molecule has 9 heteroatoms. The van der Waals surface area contributed by atoms with Crippen LogP contribution in [-0.2, 0) is 30.3 Å². The van der Waals surface area contributed by atoms with E-state index in [0.29, 0.717) is 6.21 Å². The Balaban J connectivity index is 2.95. The zero-order valence-electron chi connectivity index (χ0n) is 17.6. The third kappa shape index (κ3) is 9.42. The number of hydrogen-bond acceptors (Lipinski definition) is 7. The zero-order valence-corrected chi connectivity index (χ0v) is 17.6. The quantitative estimate of drug-likeness (QED) is 0.313. The van der Waals surface area contributed by atoms with E-state index in [-0.39, 0.29) is 38.3 Å². The van der Waals surface area contributed by atoms with E-state index < -0.39 is 29.7 Å². The van der Waals surface area contributed by atoms with Gasteiger partial charge in [-0.3, -0.25) is 14.4 Å². The molecule has 2 atom stereocenters. The smallest absolute Gasteiger partial charge is 0.328 e. The van der Waals surface area contributed by atoms with E-state index in [9.17, 15) is 19.2 Å². The van der Waals surface area contributed by atoms with Crippen molar-refractivity contribution in [3.63, 3.8) is 0 Å². The summed E-state index contributed by atoms with van der Waals surface area (Å²) >= 11 is 0. The van der Waals surface area contributed by atoms with Gasteiger partial charge in [0.2, 0.25) is 11.8 Å². The van der Waals surface area contributed by atoms with Crippen molar-refractivity contribution in [3.05, 3.63) is 35.9 Å². The maximum absolute atomic E-state index is 12.9. The Hall–Kier alpha value is -3.07. The maximum atomic E-state index is 12.9. The van der Waals surface area contributed by atoms with Gasteiger partial charge in [0.1, 0.15) is 12.1 Å². The molecule has 164 valence electrons. The van der Waals surface area contributed by atoms with Gasteiger partial charge in [0.15, 0.2) is 5.78 Å². The first-order valence-corrected chi connectivity index (χ1v) is 9.75. The van der Waals surface area contributed by atoms with Crippen LogP contribution in [0.25, 0.3) is 0 Å². The summed E-state index contributed by atoms with van der Waals surface area (Å²) in [5.74, 6) is -2.01. The van der Waals surface area contributed by atoms with Gasteiger partial charge in [-0.15, -0.1) is 0 Å². The van der Waals surface area contributed by atoms with Gasteiger partial charge in [0.25, 0.3) is 0 Å². The van der Waals surface area contributed by atoms with Crippen LogP contribution in [-0.4, -0.2) is 74.0 Å². The van der Waals surface area contributed by atoms with E-state index in [0.717, 1.165) is 5.56 Å². The first-order chi connectivity index (χ1) is 14.3. The highest BCUT2D eigenvalue weighted by atomic mass is 16.5. The van der Waals surface area contributed by atoms with Crippen LogP contribution in [0, 0.1) is 5.41 Å². The molecule has 0 saturated heterocycles. The molecule has 0 fully saturated rings. The topological polar surface area (TPSA) is 129 Å². The number of likely N-dealkylation sites (N-methyl/N-ethyl adjacent to an activating group) is 1. The second-order valence-electron chi connectivity index (χ2n) is 7.01. The first kappa shape index (κ1) is 25.0. The number of nitrogens with one attached hydrogen (secondary N) is 3. The van der Waals surface area contributed by atoms with Crippen LogP contribution in [0.4, 0.5) is 0 Å². The van der Waals surface area contributed by atoms with E-state index in [1.165, 1.54) is 0 Å². The lowest BCUT2D eigenvalue weighted by molar-refractivity contribution is -0.148. The summed E-state index contributed by atoms with van der Waals surface area (Å²) in [6, 6.07) is 7.22. The van der Waals surface area contributed by atoms with Gasteiger partial charge in [0.05, 0.1) is 19.4 Å². The largest absolute Gasteiger partial charge is 0.464 e. The fraction of sp³-hybridized carbons (Fsp3) is 0.476. The standard InChI is InChI=1S/C21H30N4O5/c1-4-30-21(29)17(11-10-16(26)13-22)24-20(28)18(23-19(27)14-25(2)3)12-15-8-6-5-7-9-15/h5-9,13,17-18,22H,4,10-12,14H2,1-3H3,(H,23,27)(H,24,28)/t17-,18-/m0/s1. The molecular formula is C21H30N4O5. The van der Waals surface area contributed by atoms with Crippen LogP contribution >= 0.6 is 0 Å². The molecule has 0 aliphatic carbocycles. The number of amides is 2. The number of carbonyl (C=O) groups is 4. The van der Waals surface area contributed by atoms with Crippen LogP contribution in [0.2, 0.25) is 0 Å². The minimum atomic E-state index is -1.05. The first-order valence-electron chi connectivity index (χ1n) is 9.75. The van der Waals surface area contributed by atoms with Gasteiger partial charge in [-0.25, -0.2) is 4.79 Å². The monoisotopic (exact) mass is 418 g/mol. The van der Waals surface area contributed by atoms with E-state index in [1.807, 2.05) is 30.3 Å². The van der Waals surface area contributed by atoms with E-state index in [4.69, 9.17) is 10.1 Å². The molecule has 0 saturated carbocycles. The highest BCUT2D eigenvalue weighted by molar-refractivity contribution is 6.26. The summed E-state index contributed by atoms with van der Waals surface area (Å²) in [7, 11) is 3.48. The molecule has 0 aliphatic rings. The Kier molecular flexibility index (Phi) is 11.0. The van der Waals surface area contributed by atoms with Gasteiger partial charge in [-0.2, -0.15) is 0 Å². The van der Waals surface area contributed by atoms with Crippen LogP contribution in [0.3, 0.4) is 0 Å². The van der Waals surface area contributed by atoms with Gasteiger partial charge in [-0.05, 0) is 33.0 Å². The minimum Gasteiger partial charge on any atom is -0.464 e. The Bertz CT molecular complexity index is 736. The molecule has 9 nitrogen and oxygen atoms in total. The summed E-state index contributed by atoms with van der Waals surface area (Å²) in [4.78, 5) is 50.5. The zero-order chi connectivity index (χ0) is 22.5. The van der Waals surface area contributed by atoms with Crippen molar-refractivity contribution in [2.24, 2.45) is 0 Å². The molecular weight excluding hydrogens is 388 g/mol. The average molecular weight is 418 g/mol. The van der Waals surface area contributed by atoms with Gasteiger partial charge in [0, 0.05) is 12.8 Å². The minimum absolute atomic E-state index is 0.00247. The molecule has 0 spiro atoms. The molecule has 30 heavy (non-hydrogen) atoms. The number of benzene rings is 1. The molecule has 0 heterocycles. The molecule has 0 unspecified atom stereocenters. The second kappa shape index (κ2) is 13.2. The average Bonchev–Trinajstić information content (AvgIpc) is 2.70. The van der Waals surface area contributed by atoms with Crippen molar-refractivity contribution in [2.45, 2.75) is 38.3 Å². The number of esters is 1. The number of carbonyl (C=O) groups excluding carboxylic acids is 4. The predicted octanol–water partition coefficient (Wildman–Crippen LogP) is 0.322. The van der Waals surface area contributed by atoms with Crippen molar-refractivity contribution in [3.8, 4) is 0 Å². The predicted molar refractivity (Wildman–Crippen MR) is 112 cm³/mol.